The van der Waals surface area contributed by atoms with Gasteiger partial charge in [-0.1, -0.05) is 61.8 Å². The van der Waals surface area contributed by atoms with E-state index in [1.54, 1.807) is 20.8 Å². The first-order chi connectivity index (χ1) is 38.2. The Balaban J connectivity index is 3.47. The van der Waals surface area contributed by atoms with Crippen LogP contribution in [0.1, 0.15) is 152 Å². The van der Waals surface area contributed by atoms with Crippen LogP contribution < -0.4 is 75.7 Å². The standard InChI is InChI=1S/C54H101N15O11S/c1-11-33(8)43(69-47(73)37(19-13-15-24-56)63-46(72)38(21-17-26-60-54(57)58)62-44(70)35-20-16-25-59-35)52(78)67-41(29-31(4)5)50(76)66-40(28-30(2)3)49(75)64-39(22-27-81-10)48(74)68-42(32(6)7)51(77)65-36(18-12-14-23-55)45(71)61-34(9)53(79)80/h30-43,59H,11-29,55-56H2,1-10H3,(H,61,71)(H,62,70)(H,63,72)(H,64,75)(H,65,77)(H,66,76)(H,67,78)(H,68,74)(H,69,73)(H,79,80)(H4,57,58,60)/t33-,34-,35-,36-,37-,38-,39-,40-,41-,42-,43-/m0/s1. The Morgan fingerprint density at radius 3 is 1.43 bits per heavy atom. The van der Waals surface area contributed by atoms with E-state index in [2.05, 4.69) is 58.5 Å². The first-order valence-electron chi connectivity index (χ1n) is 28.9. The number of guanidine groups is 1. The third-order valence-electron chi connectivity index (χ3n) is 13.8. The van der Waals surface area contributed by atoms with Gasteiger partial charge in [0.15, 0.2) is 5.96 Å². The Hall–Kier alpha value is -5.80. The summed E-state index contributed by atoms with van der Waals surface area (Å²) in [6.45, 7) is 17.2. The fraction of sp³-hybridized carbons (Fsp3) is 0.796. The van der Waals surface area contributed by atoms with Gasteiger partial charge in [0, 0.05) is 6.54 Å². The first-order valence-corrected chi connectivity index (χ1v) is 30.3. The van der Waals surface area contributed by atoms with E-state index in [0.29, 0.717) is 70.3 Å². The fourth-order valence-electron chi connectivity index (χ4n) is 8.87. The van der Waals surface area contributed by atoms with Crippen LogP contribution in [0.25, 0.3) is 0 Å². The Morgan fingerprint density at radius 1 is 0.568 bits per heavy atom. The number of nitrogens with one attached hydrogen (secondary N) is 12. The summed E-state index contributed by atoms with van der Waals surface area (Å²) >= 11 is 1.42. The summed E-state index contributed by atoms with van der Waals surface area (Å²) in [4.78, 5) is 137. The molecule has 464 valence electrons. The second-order valence-corrected chi connectivity index (χ2v) is 23.3. The van der Waals surface area contributed by atoms with Gasteiger partial charge in [0.2, 0.25) is 53.2 Å². The third-order valence-corrected chi connectivity index (χ3v) is 14.5. The van der Waals surface area contributed by atoms with E-state index >= 15 is 0 Å². The average molecular weight is 1170 g/mol. The van der Waals surface area contributed by atoms with Crippen LogP contribution >= 0.6 is 11.8 Å². The summed E-state index contributed by atoms with van der Waals surface area (Å²) in [6.07, 6.45) is 6.78. The molecule has 1 rings (SSSR count). The van der Waals surface area contributed by atoms with Gasteiger partial charge in [0.05, 0.1) is 6.04 Å². The van der Waals surface area contributed by atoms with Crippen molar-refractivity contribution >= 4 is 76.9 Å². The molecule has 1 heterocycles. The van der Waals surface area contributed by atoms with Crippen molar-refractivity contribution < 1.29 is 53.1 Å². The number of hydrogen-bond acceptors (Lipinski definition) is 15. The van der Waals surface area contributed by atoms with Crippen LogP contribution in [0.3, 0.4) is 0 Å². The normalized spacial score (nSPS) is 16.9. The first kappa shape index (κ1) is 73.2. The molecule has 1 aliphatic heterocycles. The quantitative estimate of drug-likeness (QED) is 0.0204. The minimum Gasteiger partial charge on any atom is -0.480 e. The lowest BCUT2D eigenvalue weighted by atomic mass is 9.95. The number of nitrogens with two attached hydrogens (primary N) is 3. The molecular formula is C54H101N15O11S. The minimum atomic E-state index is -1.27. The minimum absolute atomic E-state index is 0.127. The smallest absolute Gasteiger partial charge is 0.325 e. The number of thioether (sulfide) groups is 1. The molecule has 0 spiro atoms. The van der Waals surface area contributed by atoms with Crippen molar-refractivity contribution in [1.82, 2.24) is 58.5 Å². The number of unbranched alkanes of at least 4 members (excludes halogenated alkanes) is 2. The molecule has 0 aromatic rings. The van der Waals surface area contributed by atoms with Gasteiger partial charge in [0.1, 0.15) is 54.4 Å². The summed E-state index contributed by atoms with van der Waals surface area (Å²) in [5, 5.41) is 47.4. The zero-order chi connectivity index (χ0) is 61.4. The molecule has 27 heteroatoms. The molecule has 0 aromatic carbocycles. The van der Waals surface area contributed by atoms with E-state index in [1.807, 2.05) is 40.9 Å². The Kier molecular flexibility index (Phi) is 35.8. The monoisotopic (exact) mass is 1170 g/mol. The second kappa shape index (κ2) is 39.6. The molecule has 26 nitrogen and oxygen atoms in total. The van der Waals surface area contributed by atoms with Crippen molar-refractivity contribution in [3.05, 3.63) is 0 Å². The topological polar surface area (TPSA) is 425 Å². The number of aliphatic carboxylic acids is 1. The van der Waals surface area contributed by atoms with Crippen molar-refractivity contribution in [3.8, 4) is 0 Å². The number of hydrogen-bond donors (Lipinski definition) is 16. The number of carboxylic acid groups (broad SMARTS) is 1. The maximum absolute atomic E-state index is 14.5. The molecule has 0 unspecified atom stereocenters. The highest BCUT2D eigenvalue weighted by atomic mass is 32.2. The maximum atomic E-state index is 14.5. The summed E-state index contributed by atoms with van der Waals surface area (Å²) < 4.78 is 0. The molecular weight excluding hydrogens is 1070 g/mol. The van der Waals surface area contributed by atoms with Crippen LogP contribution in [-0.2, 0) is 47.9 Å². The molecule has 1 aliphatic rings. The summed E-state index contributed by atoms with van der Waals surface area (Å²) in [6, 6.07) is -11.0. The van der Waals surface area contributed by atoms with Crippen LogP contribution in [0, 0.1) is 29.1 Å². The molecule has 81 heavy (non-hydrogen) atoms. The molecule has 0 aliphatic carbocycles. The molecule has 0 aromatic heterocycles. The molecule has 1 fully saturated rings. The second-order valence-electron chi connectivity index (χ2n) is 22.3. The summed E-state index contributed by atoms with van der Waals surface area (Å²) in [7, 11) is 0. The van der Waals surface area contributed by atoms with Gasteiger partial charge in [-0.05, 0) is 146 Å². The van der Waals surface area contributed by atoms with Crippen LogP contribution in [0.2, 0.25) is 0 Å². The number of carboxylic acids is 1. The number of amides is 9. The number of rotatable bonds is 41. The highest BCUT2D eigenvalue weighted by molar-refractivity contribution is 7.98. The molecule has 19 N–H and O–H groups in total. The lowest BCUT2D eigenvalue weighted by molar-refractivity contribution is -0.142. The van der Waals surface area contributed by atoms with E-state index in [9.17, 15) is 53.1 Å². The van der Waals surface area contributed by atoms with Gasteiger partial charge in [-0.15, -0.1) is 0 Å². The lowest BCUT2D eigenvalue weighted by Crippen LogP contribution is -2.61. The zero-order valence-corrected chi connectivity index (χ0v) is 50.5. The molecule has 0 radical (unpaired) electrons. The Morgan fingerprint density at radius 2 is 0.988 bits per heavy atom. The summed E-state index contributed by atoms with van der Waals surface area (Å²) in [5.41, 5.74) is 16.9. The van der Waals surface area contributed by atoms with Gasteiger partial charge >= 0.3 is 5.97 Å². The molecule has 1 saturated heterocycles. The average Bonchev–Trinajstić information content (AvgIpc) is 3.96. The van der Waals surface area contributed by atoms with E-state index in [-0.39, 0.29) is 68.8 Å². The number of carbonyl (C=O) groups excluding carboxylic acids is 9. The number of carbonyl (C=O) groups is 10. The fourth-order valence-corrected chi connectivity index (χ4v) is 9.34. The van der Waals surface area contributed by atoms with E-state index in [4.69, 9.17) is 22.6 Å². The highest BCUT2D eigenvalue weighted by Gasteiger charge is 2.37. The van der Waals surface area contributed by atoms with Gasteiger partial charge in [0.25, 0.3) is 0 Å². The van der Waals surface area contributed by atoms with Crippen LogP contribution in [-0.4, -0.2) is 169 Å². The largest absolute Gasteiger partial charge is 0.480 e. The van der Waals surface area contributed by atoms with E-state index in [1.165, 1.54) is 18.7 Å². The van der Waals surface area contributed by atoms with Crippen molar-refractivity contribution in [1.29, 1.82) is 5.41 Å². The lowest BCUT2D eigenvalue weighted by Gasteiger charge is -2.30. The molecule has 11 atom stereocenters. The molecule has 0 bridgehead atoms. The van der Waals surface area contributed by atoms with Crippen molar-refractivity contribution in [2.75, 3.05) is 38.2 Å². The van der Waals surface area contributed by atoms with Crippen LogP contribution in [0.4, 0.5) is 0 Å². The van der Waals surface area contributed by atoms with Crippen molar-refractivity contribution in [2.45, 2.75) is 213 Å². The van der Waals surface area contributed by atoms with Crippen LogP contribution in [0.5, 0.6) is 0 Å². The van der Waals surface area contributed by atoms with Crippen LogP contribution in [0.15, 0.2) is 0 Å². The molecule has 9 amide bonds. The Labute approximate surface area is 483 Å². The van der Waals surface area contributed by atoms with Gasteiger partial charge in [-0.25, -0.2) is 0 Å². The molecule has 0 saturated carbocycles. The zero-order valence-electron chi connectivity index (χ0n) is 49.7. The summed E-state index contributed by atoms with van der Waals surface area (Å²) in [5.74, 6) is -8.22. The third kappa shape index (κ3) is 28.6. The van der Waals surface area contributed by atoms with E-state index in [0.717, 1.165) is 6.42 Å². The predicted octanol–water partition coefficient (Wildman–Crippen LogP) is -0.725. The maximum Gasteiger partial charge on any atom is 0.325 e. The van der Waals surface area contributed by atoms with E-state index < -0.39 is 125 Å². The highest BCUT2D eigenvalue weighted by Crippen LogP contribution is 2.16. The van der Waals surface area contributed by atoms with Crippen molar-refractivity contribution in [3.63, 3.8) is 0 Å². The van der Waals surface area contributed by atoms with Gasteiger partial charge in [-0.3, -0.25) is 53.4 Å². The van der Waals surface area contributed by atoms with Gasteiger partial charge < -0.3 is 80.8 Å². The van der Waals surface area contributed by atoms with Crippen molar-refractivity contribution in [2.24, 2.45) is 40.9 Å². The SMILES string of the molecule is CC[C@H](C)[C@H](NC(=O)[C@H](CCCCN)NC(=O)[C@H](CCCNC(=N)N)NC(=O)[C@@H]1CCCN1)C(=O)N[C@@H](CC(C)C)C(=O)N[C@@H](CC(C)C)C(=O)N[C@@H](CCSC)C(=O)N[C@H](C(=O)N[C@@H](CCCCN)C(=O)N[C@@H](C)C(=O)O)C(C)C. The predicted molar refractivity (Wildman–Crippen MR) is 313 cm³/mol. The Bertz CT molecular complexity index is 2030. The van der Waals surface area contributed by atoms with Gasteiger partial charge in [-0.2, -0.15) is 11.8 Å².